The number of para-hydroxylation sites is 1. The van der Waals surface area contributed by atoms with Crippen LogP contribution >= 0.6 is 0 Å². The Kier molecular flexibility index (Phi) is 5.63. The molecule has 0 saturated carbocycles. The third-order valence-corrected chi connectivity index (χ3v) is 8.36. The van der Waals surface area contributed by atoms with Crippen molar-refractivity contribution in [1.29, 1.82) is 0 Å². The third-order valence-electron chi connectivity index (χ3n) is 6.35. The molecule has 1 N–H and O–H groups in total. The van der Waals surface area contributed by atoms with E-state index in [-0.39, 0.29) is 16.8 Å². The highest BCUT2D eigenvalue weighted by atomic mass is 32.2. The smallest absolute Gasteiger partial charge is 0.268 e. The van der Waals surface area contributed by atoms with E-state index in [0.717, 1.165) is 24.2 Å². The Balaban J connectivity index is 1.58. The number of nitrogens with one attached hydrogen (secondary N) is 1. The minimum absolute atomic E-state index is 0.165. The standard InChI is InChI=1S/C22H29N3O4S/c1-15-8-11-25(12-9-15)30(27,28)21-14-19(24(3)16(21)2)22(26)23-18-10-13-29-20-7-5-4-6-17(18)20/h4-7,14-15,18H,8-13H2,1-3H3,(H,23,26). The molecule has 0 spiro atoms. The third kappa shape index (κ3) is 3.74. The van der Waals surface area contributed by atoms with Gasteiger partial charge in [-0.25, -0.2) is 8.42 Å². The molecule has 30 heavy (non-hydrogen) atoms. The Bertz CT molecular complexity index is 1050. The second-order valence-electron chi connectivity index (χ2n) is 8.33. The molecule has 1 aromatic heterocycles. The Morgan fingerprint density at radius 3 is 2.60 bits per heavy atom. The van der Waals surface area contributed by atoms with Crippen molar-refractivity contribution < 1.29 is 17.9 Å². The molecule has 1 amide bonds. The summed E-state index contributed by atoms with van der Waals surface area (Å²) >= 11 is 0. The van der Waals surface area contributed by atoms with Crippen LogP contribution in [0.15, 0.2) is 35.2 Å². The second-order valence-corrected chi connectivity index (χ2v) is 10.2. The average molecular weight is 432 g/mol. The average Bonchev–Trinajstić information content (AvgIpc) is 3.04. The summed E-state index contributed by atoms with van der Waals surface area (Å²) in [5.41, 5.74) is 1.87. The number of piperidine rings is 1. The first-order valence-electron chi connectivity index (χ1n) is 10.5. The molecule has 2 aliphatic heterocycles. The predicted molar refractivity (Wildman–Crippen MR) is 114 cm³/mol. The first-order chi connectivity index (χ1) is 14.3. The minimum Gasteiger partial charge on any atom is -0.493 e. The van der Waals surface area contributed by atoms with E-state index in [1.165, 1.54) is 6.07 Å². The highest BCUT2D eigenvalue weighted by Crippen LogP contribution is 2.32. The van der Waals surface area contributed by atoms with E-state index in [0.29, 0.717) is 43.4 Å². The van der Waals surface area contributed by atoms with Gasteiger partial charge in [0, 0.05) is 37.8 Å². The van der Waals surface area contributed by atoms with Gasteiger partial charge in [-0.1, -0.05) is 25.1 Å². The number of sulfonamides is 1. The number of carbonyl (C=O) groups is 1. The van der Waals surface area contributed by atoms with Gasteiger partial charge >= 0.3 is 0 Å². The van der Waals surface area contributed by atoms with Gasteiger partial charge in [0.25, 0.3) is 5.91 Å². The maximum Gasteiger partial charge on any atom is 0.268 e. The molecule has 3 heterocycles. The van der Waals surface area contributed by atoms with Crippen LogP contribution in [0.1, 0.15) is 54.0 Å². The van der Waals surface area contributed by atoms with Crippen LogP contribution in [0.2, 0.25) is 0 Å². The number of amides is 1. The quantitative estimate of drug-likeness (QED) is 0.807. The lowest BCUT2D eigenvalue weighted by molar-refractivity contribution is 0.0916. The lowest BCUT2D eigenvalue weighted by atomic mass is 10.0. The van der Waals surface area contributed by atoms with E-state index >= 15 is 0 Å². The lowest BCUT2D eigenvalue weighted by Crippen LogP contribution is -2.38. The van der Waals surface area contributed by atoms with E-state index < -0.39 is 10.0 Å². The molecule has 0 radical (unpaired) electrons. The zero-order chi connectivity index (χ0) is 21.5. The Morgan fingerprint density at radius 1 is 1.17 bits per heavy atom. The summed E-state index contributed by atoms with van der Waals surface area (Å²) in [5.74, 6) is 1.03. The van der Waals surface area contributed by atoms with Crippen LogP contribution < -0.4 is 10.1 Å². The minimum atomic E-state index is -3.62. The van der Waals surface area contributed by atoms with E-state index in [2.05, 4.69) is 12.2 Å². The number of benzene rings is 1. The zero-order valence-electron chi connectivity index (χ0n) is 17.7. The molecule has 7 nitrogen and oxygen atoms in total. The molecular formula is C22H29N3O4S. The van der Waals surface area contributed by atoms with Crippen LogP contribution in [0, 0.1) is 12.8 Å². The van der Waals surface area contributed by atoms with Crippen molar-refractivity contribution in [3.63, 3.8) is 0 Å². The van der Waals surface area contributed by atoms with Gasteiger partial charge < -0.3 is 14.6 Å². The van der Waals surface area contributed by atoms with Gasteiger partial charge in [-0.3, -0.25) is 4.79 Å². The zero-order valence-corrected chi connectivity index (χ0v) is 18.5. The molecule has 0 bridgehead atoms. The summed E-state index contributed by atoms with van der Waals surface area (Å²) in [5, 5.41) is 3.06. The highest BCUT2D eigenvalue weighted by Gasteiger charge is 2.33. The molecule has 4 rings (SSSR count). The van der Waals surface area contributed by atoms with E-state index in [4.69, 9.17) is 4.74 Å². The molecule has 0 aliphatic carbocycles. The fourth-order valence-corrected chi connectivity index (χ4v) is 5.98. The molecule has 1 atom stereocenters. The molecular weight excluding hydrogens is 402 g/mol. The molecule has 1 saturated heterocycles. The number of ether oxygens (including phenoxy) is 1. The maximum atomic E-state index is 13.2. The molecule has 1 fully saturated rings. The monoisotopic (exact) mass is 431 g/mol. The van der Waals surface area contributed by atoms with Gasteiger partial charge in [0.05, 0.1) is 12.6 Å². The van der Waals surface area contributed by atoms with Crippen molar-refractivity contribution in [1.82, 2.24) is 14.2 Å². The van der Waals surface area contributed by atoms with Crippen molar-refractivity contribution in [2.45, 2.75) is 44.0 Å². The summed E-state index contributed by atoms with van der Waals surface area (Å²) in [6.45, 7) is 5.48. The van der Waals surface area contributed by atoms with Crippen LogP contribution in [-0.2, 0) is 17.1 Å². The molecule has 2 aliphatic rings. The van der Waals surface area contributed by atoms with Crippen LogP contribution in [0.4, 0.5) is 0 Å². The van der Waals surface area contributed by atoms with Gasteiger partial charge in [-0.05, 0) is 37.8 Å². The van der Waals surface area contributed by atoms with E-state index in [1.54, 1.807) is 22.8 Å². The van der Waals surface area contributed by atoms with Gasteiger partial charge in [-0.2, -0.15) is 4.31 Å². The number of fused-ring (bicyclic) bond motifs is 1. The topological polar surface area (TPSA) is 80.6 Å². The summed E-state index contributed by atoms with van der Waals surface area (Å²) in [7, 11) is -1.88. The van der Waals surface area contributed by atoms with Gasteiger partial charge in [0.2, 0.25) is 10.0 Å². The van der Waals surface area contributed by atoms with Gasteiger partial charge in [-0.15, -0.1) is 0 Å². The fraction of sp³-hybridized carbons (Fsp3) is 0.500. The predicted octanol–water partition coefficient (Wildman–Crippen LogP) is 3.01. The van der Waals surface area contributed by atoms with Gasteiger partial charge in [0.1, 0.15) is 16.3 Å². The summed E-state index contributed by atoms with van der Waals surface area (Å²) in [4.78, 5) is 13.3. The van der Waals surface area contributed by atoms with Crippen molar-refractivity contribution in [3.05, 3.63) is 47.3 Å². The molecule has 2 aromatic rings. The maximum absolute atomic E-state index is 13.2. The highest BCUT2D eigenvalue weighted by molar-refractivity contribution is 7.89. The molecule has 162 valence electrons. The van der Waals surface area contributed by atoms with Crippen LogP contribution in [-0.4, -0.2) is 42.9 Å². The van der Waals surface area contributed by atoms with Crippen molar-refractivity contribution in [3.8, 4) is 5.75 Å². The summed E-state index contributed by atoms with van der Waals surface area (Å²) in [6.07, 6.45) is 2.40. The van der Waals surface area contributed by atoms with Crippen molar-refractivity contribution in [2.75, 3.05) is 19.7 Å². The number of carbonyl (C=O) groups excluding carboxylic acids is 1. The fourth-order valence-electron chi connectivity index (χ4n) is 4.24. The van der Waals surface area contributed by atoms with Crippen LogP contribution in [0.5, 0.6) is 5.75 Å². The Hall–Kier alpha value is -2.32. The number of hydrogen-bond donors (Lipinski definition) is 1. The lowest BCUT2D eigenvalue weighted by Gasteiger charge is -2.29. The normalized spacial score (nSPS) is 20.4. The molecule has 1 unspecified atom stereocenters. The van der Waals surface area contributed by atoms with Crippen LogP contribution in [0.3, 0.4) is 0 Å². The number of nitrogens with zero attached hydrogens (tertiary/aromatic N) is 2. The van der Waals surface area contributed by atoms with E-state index in [1.807, 2.05) is 24.3 Å². The first kappa shape index (κ1) is 20.9. The number of rotatable bonds is 4. The van der Waals surface area contributed by atoms with Gasteiger partial charge in [0.15, 0.2) is 0 Å². The first-order valence-corrected chi connectivity index (χ1v) is 11.9. The number of aromatic nitrogens is 1. The molecule has 8 heteroatoms. The van der Waals surface area contributed by atoms with Crippen molar-refractivity contribution in [2.24, 2.45) is 13.0 Å². The van der Waals surface area contributed by atoms with Crippen molar-refractivity contribution >= 4 is 15.9 Å². The van der Waals surface area contributed by atoms with E-state index in [9.17, 15) is 13.2 Å². The molecule has 1 aromatic carbocycles. The summed E-state index contributed by atoms with van der Waals surface area (Å²) < 4.78 is 35.3. The summed E-state index contributed by atoms with van der Waals surface area (Å²) in [6, 6.07) is 9.02. The largest absolute Gasteiger partial charge is 0.493 e. The Labute approximate surface area is 178 Å². The number of hydrogen-bond acceptors (Lipinski definition) is 4. The Morgan fingerprint density at radius 2 is 1.87 bits per heavy atom. The second kappa shape index (κ2) is 8.07. The van der Waals surface area contributed by atoms with Crippen LogP contribution in [0.25, 0.3) is 0 Å². The SMILES string of the molecule is Cc1c(S(=O)(=O)N2CCC(C)CC2)cc(C(=O)NC2CCOc3ccccc32)n1C.